The number of aryl methyl sites for hydroxylation is 1. The normalized spacial score (nSPS) is 11.5. The highest BCUT2D eigenvalue weighted by atomic mass is 32.2. The number of carbonyl (C=O) groups excluding carboxylic acids is 1. The summed E-state index contributed by atoms with van der Waals surface area (Å²) in [6.45, 7) is 1.85. The van der Waals surface area contributed by atoms with E-state index < -0.39 is 15.9 Å². The molecule has 1 amide bonds. The molecule has 1 heterocycles. The van der Waals surface area contributed by atoms with Crippen molar-refractivity contribution in [3.63, 3.8) is 0 Å². The van der Waals surface area contributed by atoms with Gasteiger partial charge in [0.2, 0.25) is 10.0 Å². The van der Waals surface area contributed by atoms with Gasteiger partial charge in [0.15, 0.2) is 0 Å². The average Bonchev–Trinajstić information content (AvgIpc) is 3.25. The van der Waals surface area contributed by atoms with Gasteiger partial charge >= 0.3 is 0 Å². The maximum absolute atomic E-state index is 12.4. The second kappa shape index (κ2) is 10.1. The summed E-state index contributed by atoms with van der Waals surface area (Å²) < 4.78 is 43.0. The molecular formula is C22H23N3O6S. The fourth-order valence-corrected chi connectivity index (χ4v) is 3.68. The first kappa shape index (κ1) is 23.0. The van der Waals surface area contributed by atoms with E-state index in [4.69, 9.17) is 13.9 Å². The van der Waals surface area contributed by atoms with Crippen molar-refractivity contribution in [3.05, 3.63) is 77.2 Å². The van der Waals surface area contributed by atoms with Crippen molar-refractivity contribution in [2.45, 2.75) is 18.4 Å². The predicted molar refractivity (Wildman–Crippen MR) is 119 cm³/mol. The minimum absolute atomic E-state index is 0.0278. The van der Waals surface area contributed by atoms with Crippen molar-refractivity contribution in [2.75, 3.05) is 14.2 Å². The number of nitrogens with zero attached hydrogens (tertiary/aromatic N) is 1. The fourth-order valence-electron chi connectivity index (χ4n) is 2.68. The number of methoxy groups -OCH3 is 2. The summed E-state index contributed by atoms with van der Waals surface area (Å²) in [5.41, 5.74) is 3.67. The summed E-state index contributed by atoms with van der Waals surface area (Å²) in [7, 11) is -0.677. The Kier molecular flexibility index (Phi) is 7.29. The first-order valence-electron chi connectivity index (χ1n) is 9.52. The van der Waals surface area contributed by atoms with E-state index in [9.17, 15) is 13.2 Å². The number of hydrogen-bond donors (Lipinski definition) is 2. The first-order chi connectivity index (χ1) is 15.3. The highest BCUT2D eigenvalue weighted by molar-refractivity contribution is 7.89. The number of amides is 1. The Balaban J connectivity index is 1.58. The molecule has 3 aromatic rings. The van der Waals surface area contributed by atoms with Crippen molar-refractivity contribution in [3.8, 4) is 11.5 Å². The van der Waals surface area contributed by atoms with E-state index in [2.05, 4.69) is 15.2 Å². The van der Waals surface area contributed by atoms with Crippen LogP contribution in [0.1, 0.15) is 27.4 Å². The summed E-state index contributed by atoms with van der Waals surface area (Å²) in [5.74, 6) is 1.23. The standard InChI is InChI=1S/C22H23N3O6S/c1-15-4-8-21(9-5-15)32(27,28)24-14-18-7-6-17(31-18)13-23-25-22(26)16-10-19(29-2)12-20(11-16)30-3/h4-13,24H,14H2,1-3H3,(H,25,26)/b23-13-. The highest BCUT2D eigenvalue weighted by Gasteiger charge is 2.14. The van der Waals surface area contributed by atoms with Crippen LogP contribution in [0.3, 0.4) is 0 Å². The zero-order valence-corrected chi connectivity index (χ0v) is 18.6. The quantitative estimate of drug-likeness (QED) is 0.377. The number of sulfonamides is 1. The predicted octanol–water partition coefficient (Wildman–Crippen LogP) is 2.85. The van der Waals surface area contributed by atoms with Crippen molar-refractivity contribution in [2.24, 2.45) is 5.10 Å². The molecule has 2 aromatic carbocycles. The van der Waals surface area contributed by atoms with Crippen LogP contribution in [0.5, 0.6) is 11.5 Å². The van der Waals surface area contributed by atoms with Crippen LogP contribution >= 0.6 is 0 Å². The van der Waals surface area contributed by atoms with Crippen LogP contribution in [0.25, 0.3) is 0 Å². The number of carbonyl (C=O) groups is 1. The molecule has 2 N–H and O–H groups in total. The lowest BCUT2D eigenvalue weighted by Gasteiger charge is -2.07. The molecule has 9 nitrogen and oxygen atoms in total. The van der Waals surface area contributed by atoms with Crippen LogP contribution in [0.15, 0.2) is 69.0 Å². The highest BCUT2D eigenvalue weighted by Crippen LogP contribution is 2.22. The monoisotopic (exact) mass is 457 g/mol. The van der Waals surface area contributed by atoms with Crippen molar-refractivity contribution >= 4 is 22.1 Å². The van der Waals surface area contributed by atoms with E-state index >= 15 is 0 Å². The number of hydrogen-bond acceptors (Lipinski definition) is 7. The smallest absolute Gasteiger partial charge is 0.271 e. The van der Waals surface area contributed by atoms with E-state index in [0.717, 1.165) is 5.56 Å². The molecule has 0 aliphatic carbocycles. The van der Waals surface area contributed by atoms with Gasteiger partial charge in [-0.15, -0.1) is 0 Å². The molecule has 0 fully saturated rings. The van der Waals surface area contributed by atoms with E-state index in [1.54, 1.807) is 54.6 Å². The lowest BCUT2D eigenvalue weighted by molar-refractivity contribution is 0.0954. The lowest BCUT2D eigenvalue weighted by Crippen LogP contribution is -2.22. The second-order valence-corrected chi connectivity index (χ2v) is 8.51. The van der Waals surface area contributed by atoms with Gasteiger partial charge in [-0.05, 0) is 43.3 Å². The number of furan rings is 1. The molecular weight excluding hydrogens is 434 g/mol. The lowest BCUT2D eigenvalue weighted by atomic mass is 10.2. The van der Waals surface area contributed by atoms with Gasteiger partial charge in [-0.2, -0.15) is 5.10 Å². The van der Waals surface area contributed by atoms with Gasteiger partial charge in [-0.3, -0.25) is 4.79 Å². The molecule has 0 unspecified atom stereocenters. The molecule has 1 aromatic heterocycles. The fraction of sp³-hybridized carbons (Fsp3) is 0.182. The Morgan fingerprint density at radius 3 is 2.31 bits per heavy atom. The van der Waals surface area contributed by atoms with Crippen LogP contribution < -0.4 is 19.6 Å². The Bertz CT molecular complexity index is 1190. The molecule has 0 saturated heterocycles. The summed E-state index contributed by atoms with van der Waals surface area (Å²) in [6, 6.07) is 14.5. The zero-order chi connectivity index (χ0) is 23.1. The third-order valence-electron chi connectivity index (χ3n) is 4.42. The summed E-state index contributed by atoms with van der Waals surface area (Å²) in [5, 5.41) is 3.87. The Morgan fingerprint density at radius 1 is 1.03 bits per heavy atom. The molecule has 0 aliphatic heterocycles. The molecule has 0 aliphatic rings. The van der Waals surface area contributed by atoms with Crippen molar-refractivity contribution in [1.29, 1.82) is 0 Å². The molecule has 0 spiro atoms. The van der Waals surface area contributed by atoms with Crippen molar-refractivity contribution < 1.29 is 27.1 Å². The minimum atomic E-state index is -3.66. The SMILES string of the molecule is COc1cc(OC)cc(C(=O)N/N=C\c2ccc(CNS(=O)(=O)c3ccc(C)cc3)o2)c1. The second-order valence-electron chi connectivity index (χ2n) is 6.74. The van der Waals surface area contributed by atoms with Gasteiger partial charge in [0.25, 0.3) is 5.91 Å². The maximum Gasteiger partial charge on any atom is 0.271 e. The third-order valence-corrected chi connectivity index (χ3v) is 5.84. The average molecular weight is 458 g/mol. The molecule has 0 atom stereocenters. The van der Waals surface area contributed by atoms with Gasteiger partial charge in [0.05, 0.1) is 31.9 Å². The Hall–Kier alpha value is -3.63. The van der Waals surface area contributed by atoms with E-state index in [-0.39, 0.29) is 11.4 Å². The minimum Gasteiger partial charge on any atom is -0.497 e. The number of ether oxygens (including phenoxy) is 2. The number of nitrogens with one attached hydrogen (secondary N) is 2. The van der Waals surface area contributed by atoms with Crippen molar-refractivity contribution in [1.82, 2.24) is 10.1 Å². The summed E-state index contributed by atoms with van der Waals surface area (Å²) >= 11 is 0. The van der Waals surface area contributed by atoms with Crippen LogP contribution in [-0.2, 0) is 16.6 Å². The molecule has 0 bridgehead atoms. The van der Waals surface area contributed by atoms with Gasteiger partial charge in [-0.1, -0.05) is 17.7 Å². The molecule has 10 heteroatoms. The first-order valence-corrected chi connectivity index (χ1v) is 11.0. The maximum atomic E-state index is 12.4. The van der Waals surface area contributed by atoms with E-state index in [1.807, 2.05) is 6.92 Å². The Morgan fingerprint density at radius 2 is 1.69 bits per heavy atom. The van der Waals surface area contributed by atoms with E-state index in [0.29, 0.717) is 28.6 Å². The molecule has 168 valence electrons. The van der Waals surface area contributed by atoms with Crippen LogP contribution in [-0.4, -0.2) is 34.8 Å². The van der Waals surface area contributed by atoms with E-state index in [1.165, 1.54) is 20.4 Å². The van der Waals surface area contributed by atoms with Crippen LogP contribution in [0.2, 0.25) is 0 Å². The zero-order valence-electron chi connectivity index (χ0n) is 17.8. The van der Waals surface area contributed by atoms with Crippen LogP contribution in [0.4, 0.5) is 0 Å². The molecule has 0 radical (unpaired) electrons. The largest absolute Gasteiger partial charge is 0.497 e. The molecule has 0 saturated carbocycles. The van der Waals surface area contributed by atoms with Gasteiger partial charge in [-0.25, -0.2) is 18.6 Å². The van der Waals surface area contributed by atoms with Crippen LogP contribution in [0, 0.1) is 6.92 Å². The number of rotatable bonds is 9. The topological polar surface area (TPSA) is 119 Å². The molecule has 3 rings (SSSR count). The summed E-state index contributed by atoms with van der Waals surface area (Å²) in [4.78, 5) is 12.5. The Labute approximate surface area is 186 Å². The van der Waals surface area contributed by atoms with Gasteiger partial charge < -0.3 is 13.9 Å². The summed E-state index contributed by atoms with van der Waals surface area (Å²) in [6.07, 6.45) is 1.31. The third kappa shape index (κ3) is 5.96. The van der Waals surface area contributed by atoms with Gasteiger partial charge in [0, 0.05) is 11.6 Å². The van der Waals surface area contributed by atoms with Gasteiger partial charge in [0.1, 0.15) is 23.0 Å². The number of benzene rings is 2. The molecule has 32 heavy (non-hydrogen) atoms. The number of hydrazone groups is 1.